The summed E-state index contributed by atoms with van der Waals surface area (Å²) in [5.74, 6) is 0.933. The molecule has 5 heteroatoms. The summed E-state index contributed by atoms with van der Waals surface area (Å²) in [5.41, 5.74) is 0. The minimum Gasteiger partial charge on any atom is -0.354 e. The number of nitrogens with one attached hydrogen (secondary N) is 1. The number of unbranched alkanes of at least 4 members (excludes halogenated alkanes) is 4. The Kier molecular flexibility index (Phi) is 10.4. The summed E-state index contributed by atoms with van der Waals surface area (Å²) >= 11 is 1.76. The lowest BCUT2D eigenvalue weighted by atomic mass is 10.1. The molecule has 1 rings (SSSR count). The Morgan fingerprint density at radius 2 is 1.78 bits per heavy atom. The van der Waals surface area contributed by atoms with Crippen molar-refractivity contribution in [1.29, 1.82) is 0 Å². The fraction of sp³-hybridized carbons (Fsp3) is 0.889. The number of carbonyl (C=O) groups is 2. The zero-order valence-corrected chi connectivity index (χ0v) is 15.9. The van der Waals surface area contributed by atoms with Crippen molar-refractivity contribution in [1.82, 2.24) is 10.2 Å². The normalized spacial score (nSPS) is 20.7. The highest BCUT2D eigenvalue weighted by molar-refractivity contribution is 8.00. The van der Waals surface area contributed by atoms with Crippen LogP contribution in [0.1, 0.15) is 78.6 Å². The van der Waals surface area contributed by atoms with E-state index in [4.69, 9.17) is 0 Å². The van der Waals surface area contributed by atoms with E-state index in [-0.39, 0.29) is 23.2 Å². The quantitative estimate of drug-likeness (QED) is 0.579. The maximum atomic E-state index is 12.6. The molecule has 0 aromatic rings. The lowest BCUT2D eigenvalue weighted by Gasteiger charge is -2.29. The molecule has 0 unspecified atom stereocenters. The Hall–Kier alpha value is -0.710. The van der Waals surface area contributed by atoms with E-state index in [1.54, 1.807) is 11.8 Å². The first-order valence-electron chi connectivity index (χ1n) is 9.36. The number of hydrogen-bond donors (Lipinski definition) is 1. The fourth-order valence-corrected chi connectivity index (χ4v) is 4.45. The van der Waals surface area contributed by atoms with E-state index < -0.39 is 0 Å². The first-order valence-corrected chi connectivity index (χ1v) is 10.4. The number of thioether (sulfide) groups is 1. The van der Waals surface area contributed by atoms with Crippen LogP contribution in [0, 0.1) is 0 Å². The second kappa shape index (κ2) is 11.8. The van der Waals surface area contributed by atoms with Crippen LogP contribution in [0.15, 0.2) is 0 Å². The Bertz CT molecular complexity index is 363. The van der Waals surface area contributed by atoms with Crippen LogP contribution >= 0.6 is 11.8 Å². The summed E-state index contributed by atoms with van der Waals surface area (Å²) in [7, 11) is 0. The highest BCUT2D eigenvalue weighted by Gasteiger charge is 2.40. The fourth-order valence-electron chi connectivity index (χ4n) is 2.91. The molecule has 1 N–H and O–H groups in total. The maximum Gasteiger partial charge on any atom is 0.243 e. The van der Waals surface area contributed by atoms with Gasteiger partial charge in [-0.3, -0.25) is 9.59 Å². The van der Waals surface area contributed by atoms with E-state index in [1.165, 1.54) is 12.8 Å². The van der Waals surface area contributed by atoms with Crippen molar-refractivity contribution < 1.29 is 9.59 Å². The summed E-state index contributed by atoms with van der Waals surface area (Å²) in [6.07, 6.45) is 9.11. The van der Waals surface area contributed by atoms with Crippen molar-refractivity contribution in [2.45, 2.75) is 90.0 Å². The number of rotatable bonds is 11. The van der Waals surface area contributed by atoms with Crippen molar-refractivity contribution in [3.05, 3.63) is 0 Å². The third-order valence-electron chi connectivity index (χ3n) is 4.29. The molecule has 1 aliphatic heterocycles. The Balaban J connectivity index is 2.55. The van der Waals surface area contributed by atoms with Gasteiger partial charge in [-0.2, -0.15) is 0 Å². The van der Waals surface area contributed by atoms with Crippen LogP contribution in [-0.4, -0.2) is 40.4 Å². The minimum atomic E-state index is -0.271. The topological polar surface area (TPSA) is 49.4 Å². The van der Waals surface area contributed by atoms with Gasteiger partial charge in [0.1, 0.15) is 6.04 Å². The van der Waals surface area contributed by atoms with Gasteiger partial charge in [-0.25, -0.2) is 0 Å². The van der Waals surface area contributed by atoms with Gasteiger partial charge in [-0.05, 0) is 19.3 Å². The van der Waals surface area contributed by atoms with E-state index in [0.29, 0.717) is 6.42 Å². The van der Waals surface area contributed by atoms with Crippen molar-refractivity contribution in [2.24, 2.45) is 0 Å². The van der Waals surface area contributed by atoms with E-state index in [1.807, 2.05) is 4.90 Å². The Labute approximate surface area is 146 Å². The lowest BCUT2D eigenvalue weighted by molar-refractivity contribution is -0.139. The molecule has 0 aliphatic carbocycles. The van der Waals surface area contributed by atoms with Crippen LogP contribution in [0.4, 0.5) is 0 Å². The first-order chi connectivity index (χ1) is 11.2. The third-order valence-corrected chi connectivity index (χ3v) is 5.65. The average Bonchev–Trinajstić information content (AvgIpc) is 2.96. The number of nitrogens with zero attached hydrogens (tertiary/aromatic N) is 1. The molecule has 0 bridgehead atoms. The van der Waals surface area contributed by atoms with Gasteiger partial charge in [0.15, 0.2) is 0 Å². The van der Waals surface area contributed by atoms with Gasteiger partial charge in [0, 0.05) is 18.7 Å². The molecule has 0 spiro atoms. The second-order valence-corrected chi connectivity index (χ2v) is 7.56. The maximum absolute atomic E-state index is 12.6. The summed E-state index contributed by atoms with van der Waals surface area (Å²) < 4.78 is 0. The van der Waals surface area contributed by atoms with Crippen LogP contribution in [0.3, 0.4) is 0 Å². The molecular formula is C18H34N2O2S. The molecule has 0 radical (unpaired) electrons. The van der Waals surface area contributed by atoms with Crippen LogP contribution in [0.5, 0.6) is 0 Å². The molecule has 1 saturated heterocycles. The van der Waals surface area contributed by atoms with Gasteiger partial charge in [0.25, 0.3) is 0 Å². The molecular weight excluding hydrogens is 308 g/mol. The van der Waals surface area contributed by atoms with E-state index in [9.17, 15) is 9.59 Å². The standard InChI is InChI=1S/C18H34N2O2S/c1-4-7-9-10-13-19-18(22)15-14-23-17(11-6-3)20(15)16(21)12-8-5-2/h15,17H,4-14H2,1-3H3,(H,19,22)/t15-,17+/m0/s1. The first kappa shape index (κ1) is 20.3. The van der Waals surface area contributed by atoms with E-state index in [2.05, 4.69) is 26.1 Å². The van der Waals surface area contributed by atoms with Crippen LogP contribution in [0.2, 0.25) is 0 Å². The SMILES string of the molecule is CCCCCCNC(=O)[C@@H]1CS[C@H](CCC)N1C(=O)CCCC. The zero-order valence-electron chi connectivity index (χ0n) is 15.1. The zero-order chi connectivity index (χ0) is 17.1. The molecule has 2 atom stereocenters. The molecule has 0 aromatic heterocycles. The smallest absolute Gasteiger partial charge is 0.243 e. The monoisotopic (exact) mass is 342 g/mol. The van der Waals surface area contributed by atoms with Crippen molar-refractivity contribution in [3.8, 4) is 0 Å². The van der Waals surface area contributed by atoms with Crippen molar-refractivity contribution in [3.63, 3.8) is 0 Å². The lowest BCUT2D eigenvalue weighted by Crippen LogP contribution is -2.49. The Morgan fingerprint density at radius 3 is 2.43 bits per heavy atom. The summed E-state index contributed by atoms with van der Waals surface area (Å²) in [6.45, 7) is 7.14. The predicted octanol–water partition coefficient (Wildman–Crippen LogP) is 3.94. The highest BCUT2D eigenvalue weighted by atomic mass is 32.2. The molecule has 0 aromatic carbocycles. The molecule has 1 fully saturated rings. The number of carbonyl (C=O) groups excluding carboxylic acids is 2. The van der Waals surface area contributed by atoms with E-state index in [0.717, 1.165) is 50.8 Å². The predicted molar refractivity (Wildman–Crippen MR) is 98.5 cm³/mol. The van der Waals surface area contributed by atoms with Gasteiger partial charge in [0.2, 0.25) is 11.8 Å². The van der Waals surface area contributed by atoms with Crippen LogP contribution in [0.25, 0.3) is 0 Å². The van der Waals surface area contributed by atoms with Crippen molar-refractivity contribution >= 4 is 23.6 Å². The van der Waals surface area contributed by atoms with Gasteiger partial charge >= 0.3 is 0 Å². The largest absolute Gasteiger partial charge is 0.354 e. The van der Waals surface area contributed by atoms with E-state index >= 15 is 0 Å². The third kappa shape index (κ3) is 6.74. The molecule has 134 valence electrons. The minimum absolute atomic E-state index is 0.0393. The molecule has 23 heavy (non-hydrogen) atoms. The number of hydrogen-bond acceptors (Lipinski definition) is 3. The van der Waals surface area contributed by atoms with Gasteiger partial charge in [-0.1, -0.05) is 52.9 Å². The van der Waals surface area contributed by atoms with Gasteiger partial charge < -0.3 is 10.2 Å². The molecule has 1 heterocycles. The van der Waals surface area contributed by atoms with Crippen LogP contribution in [-0.2, 0) is 9.59 Å². The summed E-state index contributed by atoms with van der Waals surface area (Å²) in [4.78, 5) is 26.9. The summed E-state index contributed by atoms with van der Waals surface area (Å²) in [6, 6.07) is -0.271. The molecule has 2 amide bonds. The molecule has 1 aliphatic rings. The Morgan fingerprint density at radius 1 is 1.04 bits per heavy atom. The average molecular weight is 343 g/mol. The van der Waals surface area contributed by atoms with Gasteiger partial charge in [-0.15, -0.1) is 11.8 Å². The molecule has 0 saturated carbocycles. The van der Waals surface area contributed by atoms with Gasteiger partial charge in [0.05, 0.1) is 5.37 Å². The van der Waals surface area contributed by atoms with Crippen LogP contribution < -0.4 is 5.32 Å². The number of amides is 2. The van der Waals surface area contributed by atoms with Crippen molar-refractivity contribution in [2.75, 3.05) is 12.3 Å². The molecule has 4 nitrogen and oxygen atoms in total. The second-order valence-electron chi connectivity index (χ2n) is 6.35. The highest BCUT2D eigenvalue weighted by Crippen LogP contribution is 2.33. The summed E-state index contributed by atoms with van der Waals surface area (Å²) in [5, 5.41) is 3.22.